The number of hydrogen-bond acceptors (Lipinski definition) is 11. The number of aliphatic hydroxyl groups is 3. The van der Waals surface area contributed by atoms with Crippen LogP contribution in [-0.2, 0) is 23.9 Å². The summed E-state index contributed by atoms with van der Waals surface area (Å²) in [5, 5.41) is 45.1. The zero-order valence-corrected chi connectivity index (χ0v) is 21.3. The Morgan fingerprint density at radius 3 is 2.18 bits per heavy atom. The van der Waals surface area contributed by atoms with E-state index in [1.54, 1.807) is 6.92 Å². The second-order valence-corrected chi connectivity index (χ2v) is 10.1. The fraction of sp³-hybridized carbons (Fsp3) is 0.423. The molecule has 1 saturated carbocycles. The summed E-state index contributed by atoms with van der Waals surface area (Å²) in [6.45, 7) is 3.90. The van der Waals surface area contributed by atoms with E-state index >= 15 is 0 Å². The predicted octanol–water partition coefficient (Wildman–Crippen LogP) is 0.269. The van der Waals surface area contributed by atoms with Gasteiger partial charge in [0.15, 0.2) is 17.2 Å². The van der Waals surface area contributed by atoms with Crippen LogP contribution in [0.4, 0.5) is 0 Å². The van der Waals surface area contributed by atoms with E-state index in [2.05, 4.69) is 0 Å². The molecule has 6 N–H and O–H groups in total. The Hall–Kier alpha value is -4.03. The molecule has 38 heavy (non-hydrogen) atoms. The molecule has 202 valence electrons. The molecule has 12 heteroatoms. The highest BCUT2D eigenvalue weighted by atomic mass is 16.5. The van der Waals surface area contributed by atoms with Crippen molar-refractivity contribution in [2.45, 2.75) is 44.4 Å². The number of fused-ring (bicyclic) bond motifs is 3. The predicted molar refractivity (Wildman–Crippen MR) is 130 cm³/mol. The van der Waals surface area contributed by atoms with E-state index in [0.717, 1.165) is 6.92 Å². The Morgan fingerprint density at radius 2 is 1.68 bits per heavy atom. The zero-order valence-electron chi connectivity index (χ0n) is 21.3. The first-order valence-electron chi connectivity index (χ1n) is 11.8. The van der Waals surface area contributed by atoms with Gasteiger partial charge in [-0.1, -0.05) is 13.0 Å². The summed E-state index contributed by atoms with van der Waals surface area (Å²) in [5.74, 6) is -11.2. The van der Waals surface area contributed by atoms with Crippen LogP contribution < -0.4 is 5.73 Å². The van der Waals surface area contributed by atoms with Gasteiger partial charge in [0.25, 0.3) is 5.91 Å². The number of ether oxygens (including phenoxy) is 1. The molecule has 0 radical (unpaired) electrons. The van der Waals surface area contributed by atoms with E-state index in [9.17, 15) is 44.4 Å². The number of carbonyl (C=O) groups is 5. The third-order valence-corrected chi connectivity index (χ3v) is 7.78. The Balaban J connectivity index is 2.13. The van der Waals surface area contributed by atoms with Gasteiger partial charge in [0.1, 0.15) is 28.9 Å². The Bertz CT molecular complexity index is 1390. The van der Waals surface area contributed by atoms with Crippen molar-refractivity contribution in [3.63, 3.8) is 0 Å². The van der Waals surface area contributed by atoms with Crippen LogP contribution in [0, 0.1) is 11.8 Å². The molecular formula is C26H28N2O10. The van der Waals surface area contributed by atoms with Crippen molar-refractivity contribution in [2.24, 2.45) is 17.6 Å². The minimum Gasteiger partial charge on any atom is -0.508 e. The number of nitrogens with zero attached hydrogens (tertiary/aromatic N) is 1. The fourth-order valence-corrected chi connectivity index (χ4v) is 6.20. The monoisotopic (exact) mass is 528 g/mol. The lowest BCUT2D eigenvalue weighted by molar-refractivity contribution is -0.184. The molecule has 4 rings (SSSR count). The highest BCUT2D eigenvalue weighted by molar-refractivity contribution is 6.24. The topological polar surface area (TPSA) is 205 Å². The summed E-state index contributed by atoms with van der Waals surface area (Å²) >= 11 is 0. The third kappa shape index (κ3) is 3.40. The second-order valence-electron chi connectivity index (χ2n) is 10.1. The molecule has 3 aliphatic carbocycles. The van der Waals surface area contributed by atoms with Gasteiger partial charge in [0.2, 0.25) is 5.78 Å². The third-order valence-electron chi connectivity index (χ3n) is 7.78. The van der Waals surface area contributed by atoms with Gasteiger partial charge < -0.3 is 30.9 Å². The van der Waals surface area contributed by atoms with Crippen LogP contribution in [0.5, 0.6) is 5.75 Å². The highest BCUT2D eigenvalue weighted by Gasteiger charge is 2.69. The first kappa shape index (κ1) is 27.0. The molecule has 0 heterocycles. The van der Waals surface area contributed by atoms with E-state index in [0.29, 0.717) is 5.56 Å². The summed E-state index contributed by atoms with van der Waals surface area (Å²) in [6, 6.07) is 1.39. The minimum absolute atomic E-state index is 0.132. The number of hydrogen-bond donors (Lipinski definition) is 5. The molecule has 0 spiro atoms. The van der Waals surface area contributed by atoms with Crippen molar-refractivity contribution in [1.29, 1.82) is 0 Å². The van der Waals surface area contributed by atoms with Crippen molar-refractivity contribution < 1.29 is 49.1 Å². The summed E-state index contributed by atoms with van der Waals surface area (Å²) < 4.78 is 5.60. The summed E-state index contributed by atoms with van der Waals surface area (Å²) in [7, 11) is 2.87. The van der Waals surface area contributed by atoms with E-state index in [-0.39, 0.29) is 11.1 Å². The molecule has 1 aromatic rings. The van der Waals surface area contributed by atoms with Gasteiger partial charge in [-0.05, 0) is 38.6 Å². The smallest absolute Gasteiger partial charge is 0.302 e. The zero-order chi connectivity index (χ0) is 28.6. The quantitative estimate of drug-likeness (QED) is 0.204. The van der Waals surface area contributed by atoms with Crippen LogP contribution in [0.1, 0.15) is 48.2 Å². The van der Waals surface area contributed by atoms with E-state index < -0.39 is 93.1 Å². The van der Waals surface area contributed by atoms with Gasteiger partial charge in [0, 0.05) is 18.4 Å². The number of Topliss-reactive ketones (excluding diaryl/α,β-unsaturated/α-hetero) is 3. The Morgan fingerprint density at radius 1 is 1.08 bits per heavy atom. The molecule has 1 aromatic carbocycles. The number of primary amides is 1. The first-order valence-corrected chi connectivity index (χ1v) is 11.8. The first-order chi connectivity index (χ1) is 17.6. The van der Waals surface area contributed by atoms with Gasteiger partial charge in [-0.2, -0.15) is 0 Å². The van der Waals surface area contributed by atoms with Gasteiger partial charge in [0.05, 0.1) is 23.1 Å². The largest absolute Gasteiger partial charge is 0.508 e. The molecule has 0 unspecified atom stereocenters. The average molecular weight is 529 g/mol. The number of carbonyl (C=O) groups excluding carboxylic acids is 5. The molecule has 12 nitrogen and oxygen atoms in total. The number of nitrogens with two attached hydrogens (primary N) is 1. The molecule has 0 saturated heterocycles. The van der Waals surface area contributed by atoms with Crippen LogP contribution in [0.25, 0.3) is 5.76 Å². The maximum absolute atomic E-state index is 14.1. The van der Waals surface area contributed by atoms with Crippen molar-refractivity contribution in [1.82, 2.24) is 4.90 Å². The molecule has 0 aromatic heterocycles. The Labute approximate surface area is 217 Å². The molecular weight excluding hydrogens is 500 g/mol. The van der Waals surface area contributed by atoms with Crippen LogP contribution in [0.2, 0.25) is 0 Å². The average Bonchev–Trinajstić information content (AvgIpc) is 2.80. The van der Waals surface area contributed by atoms with E-state index in [4.69, 9.17) is 10.5 Å². The van der Waals surface area contributed by atoms with Crippen molar-refractivity contribution >= 4 is 35.0 Å². The maximum Gasteiger partial charge on any atom is 0.302 e. The van der Waals surface area contributed by atoms with E-state index in [1.165, 1.54) is 38.1 Å². The van der Waals surface area contributed by atoms with Gasteiger partial charge in [-0.15, -0.1) is 0 Å². The number of aliphatic hydroxyl groups excluding tert-OH is 2. The van der Waals surface area contributed by atoms with Crippen LogP contribution in [0.3, 0.4) is 0 Å². The number of phenolic OH excluding ortho intramolecular Hbond substituents is 1. The van der Waals surface area contributed by atoms with Crippen molar-refractivity contribution in [2.75, 3.05) is 14.1 Å². The van der Waals surface area contributed by atoms with Crippen LogP contribution in [0.15, 0.2) is 29.0 Å². The summed E-state index contributed by atoms with van der Waals surface area (Å²) in [6.07, 6.45) is -1.47. The molecule has 1 amide bonds. The number of benzene rings is 1. The van der Waals surface area contributed by atoms with Gasteiger partial charge in [-0.25, -0.2) is 0 Å². The molecule has 3 aliphatic rings. The molecule has 0 aliphatic heterocycles. The van der Waals surface area contributed by atoms with Gasteiger partial charge >= 0.3 is 5.97 Å². The highest BCUT2D eigenvalue weighted by Crippen LogP contribution is 2.57. The molecule has 6 atom stereocenters. The fourth-order valence-electron chi connectivity index (χ4n) is 6.20. The number of amides is 1. The number of phenols is 1. The Kier molecular flexibility index (Phi) is 6.24. The van der Waals surface area contributed by atoms with E-state index in [1.807, 2.05) is 0 Å². The van der Waals surface area contributed by atoms with Crippen molar-refractivity contribution in [3.05, 3.63) is 45.7 Å². The summed E-state index contributed by atoms with van der Waals surface area (Å²) in [5.41, 5.74) is 0.761. The number of esters is 1. The normalized spacial score (nSPS) is 30.6. The maximum atomic E-state index is 14.1. The second kappa shape index (κ2) is 8.77. The van der Waals surface area contributed by atoms with Crippen LogP contribution in [-0.4, -0.2) is 86.4 Å². The minimum atomic E-state index is -3.02. The lowest BCUT2D eigenvalue weighted by Crippen LogP contribution is -2.71. The number of likely N-dealkylation sites (N-methyl/N-ethyl adjacent to an activating group) is 1. The number of ketones is 3. The summed E-state index contributed by atoms with van der Waals surface area (Å²) in [4.78, 5) is 65.2. The standard InChI is InChI=1S/C26H28N2O10/c1-8-11-6-7-12(9(2)29)19(31)14(11)20(32)15-13(8)22(38-10(3)30)17-18(28(4)5)21(33)16(25(27)36)24(35)26(17,37)23(15)34/h6-8,13,17-18,22,31-32,35,37H,1-5H3,(H2,27,36)/t8-,13+,17+,18-,22-,26-/m0/s1. The molecule has 0 bridgehead atoms. The molecule has 1 fully saturated rings. The lowest BCUT2D eigenvalue weighted by Gasteiger charge is -2.54. The van der Waals surface area contributed by atoms with Crippen LogP contribution >= 0.6 is 0 Å². The SMILES string of the molecule is CC(=O)O[C@H]1[C@H]2C(=C(O)c3c(ccc(C(C)=O)c3O)[C@@H]2C)C(=O)[C@]2(O)C(O)=C(C(N)=O)C(=O)[C@@H](N(C)C)[C@H]12. The van der Waals surface area contributed by atoms with Gasteiger partial charge in [-0.3, -0.25) is 28.9 Å². The van der Waals surface area contributed by atoms with Crippen molar-refractivity contribution in [3.8, 4) is 5.75 Å². The number of aromatic hydroxyl groups is 1. The number of rotatable bonds is 4. The lowest BCUT2D eigenvalue weighted by atomic mass is 9.54.